The smallest absolute Gasteiger partial charge is 0.240 e. The van der Waals surface area contributed by atoms with Gasteiger partial charge < -0.3 is 14.4 Å². The van der Waals surface area contributed by atoms with Gasteiger partial charge in [0.25, 0.3) is 0 Å². The van der Waals surface area contributed by atoms with E-state index in [1.807, 2.05) is 30.3 Å². The van der Waals surface area contributed by atoms with Gasteiger partial charge in [-0.3, -0.25) is 4.79 Å². The standard InChI is InChI=1S/C22H20N2O5S/c25-22-9-15(13-24(22)18-6-8-20-21(11-18)29-14-28-20)12-23-30(26,27)19-7-5-16-3-1-2-4-17(16)10-19/h1-8,10-11,15,23H,9,12-14H2/t15-/m0/s1. The lowest BCUT2D eigenvalue weighted by atomic mass is 10.1. The van der Waals surface area contributed by atoms with Gasteiger partial charge in [0.05, 0.1) is 4.90 Å². The van der Waals surface area contributed by atoms with E-state index in [0.29, 0.717) is 18.0 Å². The van der Waals surface area contributed by atoms with E-state index in [0.717, 1.165) is 16.5 Å². The Hall–Kier alpha value is -3.10. The van der Waals surface area contributed by atoms with Crippen LogP contribution in [0.5, 0.6) is 11.5 Å². The summed E-state index contributed by atoms with van der Waals surface area (Å²) >= 11 is 0. The second-order valence-corrected chi connectivity index (χ2v) is 9.24. The lowest BCUT2D eigenvalue weighted by molar-refractivity contribution is -0.117. The molecular weight excluding hydrogens is 404 g/mol. The molecule has 1 fully saturated rings. The molecule has 3 aromatic rings. The van der Waals surface area contributed by atoms with Crippen LogP contribution in [-0.2, 0) is 14.8 Å². The number of ether oxygens (including phenoxy) is 2. The van der Waals surface area contributed by atoms with Crippen LogP contribution in [-0.4, -0.2) is 34.2 Å². The van der Waals surface area contributed by atoms with Crippen molar-refractivity contribution in [2.75, 3.05) is 24.8 Å². The van der Waals surface area contributed by atoms with Gasteiger partial charge in [-0.15, -0.1) is 0 Å². The van der Waals surface area contributed by atoms with Crippen molar-refractivity contribution in [2.24, 2.45) is 5.92 Å². The van der Waals surface area contributed by atoms with E-state index in [2.05, 4.69) is 4.72 Å². The maximum Gasteiger partial charge on any atom is 0.240 e. The molecule has 1 amide bonds. The average molecular weight is 424 g/mol. The number of fused-ring (bicyclic) bond motifs is 2. The normalized spacial score (nSPS) is 18.3. The van der Waals surface area contributed by atoms with Gasteiger partial charge in [0, 0.05) is 31.3 Å². The zero-order chi connectivity index (χ0) is 20.7. The second-order valence-electron chi connectivity index (χ2n) is 7.47. The van der Waals surface area contributed by atoms with Crippen molar-refractivity contribution in [3.05, 3.63) is 60.7 Å². The quantitative estimate of drug-likeness (QED) is 0.681. The van der Waals surface area contributed by atoms with E-state index in [9.17, 15) is 13.2 Å². The summed E-state index contributed by atoms with van der Waals surface area (Å²) < 4.78 is 38.9. The lowest BCUT2D eigenvalue weighted by Gasteiger charge is -2.17. The van der Waals surface area contributed by atoms with Crippen LogP contribution in [0.15, 0.2) is 65.6 Å². The van der Waals surface area contributed by atoms with Gasteiger partial charge in [0.1, 0.15) is 0 Å². The van der Waals surface area contributed by atoms with Crippen molar-refractivity contribution in [2.45, 2.75) is 11.3 Å². The largest absolute Gasteiger partial charge is 0.454 e. The highest BCUT2D eigenvalue weighted by atomic mass is 32.2. The summed E-state index contributed by atoms with van der Waals surface area (Å²) in [4.78, 5) is 14.4. The van der Waals surface area contributed by atoms with Crippen LogP contribution in [0.2, 0.25) is 0 Å². The zero-order valence-electron chi connectivity index (χ0n) is 16.1. The Balaban J connectivity index is 1.27. The highest BCUT2D eigenvalue weighted by Gasteiger charge is 2.32. The fourth-order valence-corrected chi connectivity index (χ4v) is 5.02. The molecule has 0 spiro atoms. The number of hydrogen-bond donors (Lipinski definition) is 1. The molecule has 2 aliphatic rings. The first kappa shape index (κ1) is 18.9. The van der Waals surface area contributed by atoms with Crippen molar-refractivity contribution in [1.29, 1.82) is 0 Å². The first-order chi connectivity index (χ1) is 14.5. The monoisotopic (exact) mass is 424 g/mol. The van der Waals surface area contributed by atoms with E-state index in [1.54, 1.807) is 35.2 Å². The topological polar surface area (TPSA) is 84.9 Å². The number of carbonyl (C=O) groups is 1. The van der Waals surface area contributed by atoms with E-state index >= 15 is 0 Å². The van der Waals surface area contributed by atoms with Crippen LogP contribution in [0.1, 0.15) is 6.42 Å². The van der Waals surface area contributed by atoms with Gasteiger partial charge in [-0.1, -0.05) is 30.3 Å². The number of benzene rings is 3. The van der Waals surface area contributed by atoms with Gasteiger partial charge in [-0.25, -0.2) is 13.1 Å². The van der Waals surface area contributed by atoms with E-state index in [1.165, 1.54) is 0 Å². The summed E-state index contributed by atoms with van der Waals surface area (Å²) in [5.74, 6) is 1.12. The molecule has 3 aromatic carbocycles. The molecule has 7 nitrogen and oxygen atoms in total. The van der Waals surface area contributed by atoms with Crippen LogP contribution in [0.3, 0.4) is 0 Å². The van der Waals surface area contributed by atoms with Gasteiger partial charge in [-0.2, -0.15) is 0 Å². The van der Waals surface area contributed by atoms with E-state index in [-0.39, 0.29) is 36.5 Å². The Labute approximate surface area is 174 Å². The third-order valence-corrected chi connectivity index (χ3v) is 6.89. The van der Waals surface area contributed by atoms with Crippen molar-refractivity contribution < 1.29 is 22.7 Å². The zero-order valence-corrected chi connectivity index (χ0v) is 16.9. The lowest BCUT2D eigenvalue weighted by Crippen LogP contribution is -2.31. The predicted molar refractivity (Wildman–Crippen MR) is 112 cm³/mol. The fourth-order valence-electron chi connectivity index (χ4n) is 3.87. The third kappa shape index (κ3) is 3.48. The Morgan fingerprint density at radius 3 is 2.63 bits per heavy atom. The van der Waals surface area contributed by atoms with Crippen LogP contribution in [0.4, 0.5) is 5.69 Å². The summed E-state index contributed by atoms with van der Waals surface area (Å²) in [6, 6.07) is 18.0. The summed E-state index contributed by atoms with van der Waals surface area (Å²) in [6.07, 6.45) is 0.286. The molecule has 2 aliphatic heterocycles. The minimum Gasteiger partial charge on any atom is -0.454 e. The van der Waals surface area contributed by atoms with Crippen molar-refractivity contribution in [3.8, 4) is 11.5 Å². The van der Waals surface area contributed by atoms with Gasteiger partial charge in [0.2, 0.25) is 22.7 Å². The maximum atomic E-state index is 12.8. The summed E-state index contributed by atoms with van der Waals surface area (Å²) in [5, 5.41) is 1.85. The Bertz CT molecular complexity index is 1240. The Morgan fingerprint density at radius 2 is 1.77 bits per heavy atom. The minimum atomic E-state index is -3.66. The average Bonchev–Trinajstić information content (AvgIpc) is 3.37. The molecule has 0 radical (unpaired) electrons. The Morgan fingerprint density at radius 1 is 0.967 bits per heavy atom. The number of hydrogen-bond acceptors (Lipinski definition) is 5. The molecular formula is C22H20N2O5S. The van der Waals surface area contributed by atoms with Crippen LogP contribution in [0.25, 0.3) is 10.8 Å². The van der Waals surface area contributed by atoms with Crippen molar-refractivity contribution in [1.82, 2.24) is 4.72 Å². The molecule has 1 N–H and O–H groups in total. The van der Waals surface area contributed by atoms with Gasteiger partial charge >= 0.3 is 0 Å². The summed E-state index contributed by atoms with van der Waals surface area (Å²) in [5.41, 5.74) is 0.726. The van der Waals surface area contributed by atoms with Crippen LogP contribution < -0.4 is 19.1 Å². The van der Waals surface area contributed by atoms with Crippen LogP contribution >= 0.6 is 0 Å². The molecule has 0 bridgehead atoms. The van der Waals surface area contributed by atoms with Crippen molar-refractivity contribution >= 4 is 32.4 Å². The number of rotatable bonds is 5. The van der Waals surface area contributed by atoms with Gasteiger partial charge in [-0.05, 0) is 41.0 Å². The number of carbonyl (C=O) groups excluding carboxylic acids is 1. The molecule has 0 unspecified atom stereocenters. The first-order valence-electron chi connectivity index (χ1n) is 9.68. The number of sulfonamides is 1. The highest BCUT2D eigenvalue weighted by molar-refractivity contribution is 7.89. The fraction of sp³-hybridized carbons (Fsp3) is 0.227. The molecule has 0 aromatic heterocycles. The van der Waals surface area contributed by atoms with Gasteiger partial charge in [0.15, 0.2) is 11.5 Å². The molecule has 2 heterocycles. The molecule has 8 heteroatoms. The first-order valence-corrected chi connectivity index (χ1v) is 11.2. The van der Waals surface area contributed by atoms with Crippen molar-refractivity contribution in [3.63, 3.8) is 0 Å². The number of nitrogens with one attached hydrogen (secondary N) is 1. The Kier molecular flexibility index (Phi) is 4.60. The number of nitrogens with zero attached hydrogens (tertiary/aromatic N) is 1. The van der Waals surface area contributed by atoms with E-state index in [4.69, 9.17) is 9.47 Å². The maximum absolute atomic E-state index is 12.8. The summed E-state index contributed by atoms with van der Waals surface area (Å²) in [6.45, 7) is 0.812. The third-order valence-electron chi connectivity index (χ3n) is 5.47. The molecule has 1 saturated heterocycles. The minimum absolute atomic E-state index is 0.0382. The SMILES string of the molecule is O=C1C[C@@H](CNS(=O)(=O)c2ccc3ccccc3c2)CN1c1ccc2c(c1)OCO2. The second kappa shape index (κ2) is 7.30. The number of amides is 1. The van der Waals surface area contributed by atoms with Crippen LogP contribution in [0, 0.1) is 5.92 Å². The molecule has 1 atom stereocenters. The van der Waals surface area contributed by atoms with E-state index < -0.39 is 10.0 Å². The summed E-state index contributed by atoms with van der Waals surface area (Å²) in [7, 11) is -3.66. The highest BCUT2D eigenvalue weighted by Crippen LogP contribution is 2.37. The molecule has 0 aliphatic carbocycles. The molecule has 30 heavy (non-hydrogen) atoms. The number of anilines is 1. The predicted octanol–water partition coefficient (Wildman–Crippen LogP) is 2.90. The molecule has 5 rings (SSSR count). The molecule has 0 saturated carbocycles. The molecule has 154 valence electrons.